The van der Waals surface area contributed by atoms with Crippen molar-refractivity contribution in [1.82, 2.24) is 25.4 Å². The van der Waals surface area contributed by atoms with Crippen LogP contribution in [-0.4, -0.2) is 39.3 Å². The third kappa shape index (κ3) is 3.87. The van der Waals surface area contributed by atoms with Crippen molar-refractivity contribution in [2.75, 3.05) is 6.54 Å². The topological polar surface area (TPSA) is 71.8 Å². The Morgan fingerprint density at radius 2 is 2.24 bits per heavy atom. The van der Waals surface area contributed by atoms with Crippen LogP contribution >= 0.6 is 0 Å². The van der Waals surface area contributed by atoms with Gasteiger partial charge in [0.05, 0.1) is 5.69 Å². The number of hydrogen-bond acceptors (Lipinski definition) is 4. The quantitative estimate of drug-likeness (QED) is 0.893. The average Bonchev–Trinajstić information content (AvgIpc) is 3.03. The largest absolute Gasteiger partial charge is 0.345 e. The molecule has 1 aliphatic heterocycles. The summed E-state index contributed by atoms with van der Waals surface area (Å²) >= 11 is 0. The van der Waals surface area contributed by atoms with E-state index >= 15 is 0 Å². The van der Waals surface area contributed by atoms with Gasteiger partial charge in [-0.1, -0.05) is 19.9 Å². The van der Waals surface area contributed by atoms with Crippen molar-refractivity contribution in [2.24, 2.45) is 0 Å². The highest BCUT2D eigenvalue weighted by molar-refractivity contribution is 5.90. The van der Waals surface area contributed by atoms with Crippen molar-refractivity contribution < 1.29 is 9.18 Å². The molecule has 0 bridgehead atoms. The predicted molar refractivity (Wildman–Crippen MR) is 93.4 cm³/mol. The minimum Gasteiger partial charge on any atom is -0.345 e. The molecular weight excluding hydrogens is 321 g/mol. The van der Waals surface area contributed by atoms with E-state index < -0.39 is 0 Å². The molecule has 25 heavy (non-hydrogen) atoms. The molecule has 2 heterocycles. The minimum atomic E-state index is -0.351. The molecule has 2 N–H and O–H groups in total. The Hall–Kier alpha value is -2.28. The third-order valence-corrected chi connectivity index (χ3v) is 4.48. The normalized spacial score (nSPS) is 20.7. The summed E-state index contributed by atoms with van der Waals surface area (Å²) in [7, 11) is 0. The number of halogens is 1. The van der Waals surface area contributed by atoms with E-state index in [9.17, 15) is 9.18 Å². The third-order valence-electron chi connectivity index (χ3n) is 4.48. The molecule has 1 aromatic heterocycles. The molecule has 1 amide bonds. The molecule has 1 saturated heterocycles. The van der Waals surface area contributed by atoms with Crippen molar-refractivity contribution in [3.8, 4) is 5.69 Å². The predicted octanol–water partition coefficient (Wildman–Crippen LogP) is 2.40. The molecule has 0 aliphatic carbocycles. The van der Waals surface area contributed by atoms with Gasteiger partial charge in [-0.25, -0.2) is 14.1 Å². The van der Waals surface area contributed by atoms with Gasteiger partial charge in [-0.15, -0.1) is 5.10 Å². The van der Waals surface area contributed by atoms with E-state index in [0.717, 1.165) is 19.4 Å². The van der Waals surface area contributed by atoms with Crippen LogP contribution in [0, 0.1) is 5.82 Å². The molecule has 0 spiro atoms. The Bertz CT molecular complexity index is 758. The highest BCUT2D eigenvalue weighted by Gasteiger charge is 2.26. The van der Waals surface area contributed by atoms with E-state index in [4.69, 9.17) is 0 Å². The second-order valence-corrected chi connectivity index (χ2v) is 6.80. The summed E-state index contributed by atoms with van der Waals surface area (Å²) in [4.78, 5) is 17.0. The number of nitrogens with one attached hydrogen (secondary N) is 2. The summed E-state index contributed by atoms with van der Waals surface area (Å²) in [5.74, 6) is 0.150. The van der Waals surface area contributed by atoms with Gasteiger partial charge < -0.3 is 10.6 Å². The summed E-state index contributed by atoms with van der Waals surface area (Å²) in [6.07, 6.45) is 1.96. The van der Waals surface area contributed by atoms with E-state index in [2.05, 4.69) is 27.6 Å². The number of amides is 1. The van der Waals surface area contributed by atoms with E-state index in [1.54, 1.807) is 16.8 Å². The molecule has 2 aromatic rings. The van der Waals surface area contributed by atoms with Crippen LogP contribution in [0.3, 0.4) is 0 Å². The van der Waals surface area contributed by atoms with Gasteiger partial charge in [0.15, 0.2) is 0 Å². The van der Waals surface area contributed by atoms with E-state index in [0.29, 0.717) is 11.5 Å². The molecular formula is C18H24FN5O. The first-order chi connectivity index (χ1) is 12.0. The fourth-order valence-electron chi connectivity index (χ4n) is 3.07. The highest BCUT2D eigenvalue weighted by Crippen LogP contribution is 2.18. The molecule has 0 radical (unpaired) electrons. The monoisotopic (exact) mass is 345 g/mol. The number of aromatic nitrogens is 3. The van der Waals surface area contributed by atoms with Crippen molar-refractivity contribution in [1.29, 1.82) is 0 Å². The van der Waals surface area contributed by atoms with E-state index in [1.165, 1.54) is 12.1 Å². The molecule has 1 aromatic carbocycles. The number of nitrogens with zero attached hydrogens (tertiary/aromatic N) is 3. The second kappa shape index (κ2) is 7.31. The van der Waals surface area contributed by atoms with Gasteiger partial charge >= 0.3 is 0 Å². The number of rotatable bonds is 4. The van der Waals surface area contributed by atoms with Crippen LogP contribution in [0.2, 0.25) is 0 Å². The maximum absolute atomic E-state index is 13.6. The molecule has 2 unspecified atom stereocenters. The summed E-state index contributed by atoms with van der Waals surface area (Å²) in [6.45, 7) is 6.96. The van der Waals surface area contributed by atoms with Crippen LogP contribution in [0.5, 0.6) is 0 Å². The van der Waals surface area contributed by atoms with Gasteiger partial charge in [0.1, 0.15) is 11.6 Å². The molecule has 3 rings (SSSR count). The second-order valence-electron chi connectivity index (χ2n) is 6.80. The van der Waals surface area contributed by atoms with Gasteiger partial charge in [0, 0.05) is 18.0 Å². The Labute approximate surface area is 146 Å². The number of carbonyl (C=O) groups is 1. The maximum atomic E-state index is 13.6. The zero-order chi connectivity index (χ0) is 18.0. The fourth-order valence-corrected chi connectivity index (χ4v) is 3.07. The van der Waals surface area contributed by atoms with Crippen LogP contribution in [0.25, 0.3) is 5.69 Å². The van der Waals surface area contributed by atoms with Crippen LogP contribution in [0.4, 0.5) is 4.39 Å². The number of benzene rings is 1. The number of piperidine rings is 1. The maximum Gasteiger partial charge on any atom is 0.291 e. The molecule has 6 nitrogen and oxygen atoms in total. The highest BCUT2D eigenvalue weighted by atomic mass is 19.1. The molecule has 134 valence electrons. The number of hydrogen-bond donors (Lipinski definition) is 2. The van der Waals surface area contributed by atoms with Gasteiger partial charge in [0.2, 0.25) is 5.82 Å². The molecule has 1 fully saturated rings. The lowest BCUT2D eigenvalue weighted by atomic mass is 10.00. The lowest BCUT2D eigenvalue weighted by Crippen LogP contribution is -2.52. The first kappa shape index (κ1) is 17.5. The molecule has 0 saturated carbocycles. The summed E-state index contributed by atoms with van der Waals surface area (Å²) < 4.78 is 15.1. The Morgan fingerprint density at radius 1 is 1.44 bits per heavy atom. The first-order valence-corrected chi connectivity index (χ1v) is 8.73. The Balaban J connectivity index is 1.87. The molecule has 2 atom stereocenters. The molecule has 1 aliphatic rings. The van der Waals surface area contributed by atoms with Crippen molar-refractivity contribution in [3.63, 3.8) is 0 Å². The van der Waals surface area contributed by atoms with Crippen molar-refractivity contribution >= 4 is 5.91 Å². The lowest BCUT2D eigenvalue weighted by molar-refractivity contribution is 0.0909. The zero-order valence-corrected chi connectivity index (χ0v) is 14.8. The zero-order valence-electron chi connectivity index (χ0n) is 14.8. The van der Waals surface area contributed by atoms with Gasteiger partial charge in [0.25, 0.3) is 5.91 Å². The van der Waals surface area contributed by atoms with Gasteiger partial charge in [-0.2, -0.15) is 0 Å². The lowest BCUT2D eigenvalue weighted by Gasteiger charge is -2.30. The van der Waals surface area contributed by atoms with Gasteiger partial charge in [-0.05, 0) is 44.5 Å². The fraction of sp³-hybridized carbons (Fsp3) is 0.500. The van der Waals surface area contributed by atoms with Crippen LogP contribution < -0.4 is 10.6 Å². The average molecular weight is 345 g/mol. The Morgan fingerprint density at radius 3 is 2.92 bits per heavy atom. The molecule has 7 heteroatoms. The SMILES string of the molecule is CC(C)c1nc(C(=O)NC2CCCNC2C)nn1-c1cccc(F)c1. The van der Waals surface area contributed by atoms with E-state index in [-0.39, 0.29) is 35.6 Å². The minimum absolute atomic E-state index is 0.0487. The summed E-state index contributed by atoms with van der Waals surface area (Å²) in [5, 5.41) is 10.7. The van der Waals surface area contributed by atoms with Gasteiger partial charge in [-0.3, -0.25) is 4.79 Å². The first-order valence-electron chi connectivity index (χ1n) is 8.73. The Kier molecular flexibility index (Phi) is 5.13. The van der Waals surface area contributed by atoms with Crippen LogP contribution in [-0.2, 0) is 0 Å². The number of carbonyl (C=O) groups excluding carboxylic acids is 1. The summed E-state index contributed by atoms with van der Waals surface area (Å²) in [6, 6.07) is 6.40. The van der Waals surface area contributed by atoms with E-state index in [1.807, 2.05) is 13.8 Å². The van der Waals surface area contributed by atoms with Crippen LogP contribution in [0.15, 0.2) is 24.3 Å². The van der Waals surface area contributed by atoms with Crippen molar-refractivity contribution in [2.45, 2.75) is 51.6 Å². The smallest absolute Gasteiger partial charge is 0.291 e. The van der Waals surface area contributed by atoms with Crippen molar-refractivity contribution in [3.05, 3.63) is 41.7 Å². The van der Waals surface area contributed by atoms with Crippen LogP contribution in [0.1, 0.15) is 56.0 Å². The summed E-state index contributed by atoms with van der Waals surface area (Å²) in [5.41, 5.74) is 0.558. The standard InChI is InChI=1S/C18H24FN5O/c1-11(2)17-22-16(18(25)21-15-8-5-9-20-12(15)3)23-24(17)14-7-4-6-13(19)10-14/h4,6-7,10-12,15,20H,5,8-9H2,1-3H3,(H,21,25).